The van der Waals surface area contributed by atoms with Crippen LogP contribution in [-0.2, 0) is 6.42 Å². The van der Waals surface area contributed by atoms with Gasteiger partial charge in [-0.1, -0.05) is 48.0 Å². The normalized spacial score (nSPS) is 13.1. The van der Waals surface area contributed by atoms with Gasteiger partial charge < -0.3 is 5.32 Å². The summed E-state index contributed by atoms with van der Waals surface area (Å²) < 4.78 is 13.8. The van der Waals surface area contributed by atoms with Gasteiger partial charge in [0.25, 0.3) is 5.91 Å². The Balaban J connectivity index is 1.86. The minimum absolute atomic E-state index is 0.228. The predicted molar refractivity (Wildman–Crippen MR) is 107 cm³/mol. The lowest BCUT2D eigenvalue weighted by molar-refractivity contribution is 0.0905. The molecule has 1 unspecified atom stereocenters. The smallest absolute Gasteiger partial charge is 0.253 e. The van der Waals surface area contributed by atoms with Gasteiger partial charge in [0.2, 0.25) is 0 Å². The summed E-state index contributed by atoms with van der Waals surface area (Å²) in [6.07, 6.45) is 2.76. The summed E-state index contributed by atoms with van der Waals surface area (Å²) in [7, 11) is 0. The molecule has 0 spiro atoms. The molecular formula is C23H23FN2O. The molecule has 0 aliphatic carbocycles. The molecule has 2 aromatic carbocycles. The van der Waals surface area contributed by atoms with E-state index in [1.54, 1.807) is 18.2 Å². The first kappa shape index (κ1) is 18.8. The van der Waals surface area contributed by atoms with Crippen LogP contribution in [0.15, 0.2) is 72.9 Å². The molecule has 0 radical (unpaired) electrons. The Morgan fingerprint density at radius 2 is 1.93 bits per heavy atom. The maximum atomic E-state index is 13.8. The van der Waals surface area contributed by atoms with Crippen molar-refractivity contribution in [3.05, 3.63) is 89.9 Å². The number of pyridine rings is 1. The monoisotopic (exact) mass is 362 g/mol. The molecule has 0 aliphatic rings. The Hall–Kier alpha value is -3.01. The molecule has 0 bridgehead atoms. The van der Waals surface area contributed by atoms with E-state index < -0.39 is 11.4 Å². The third-order valence-electron chi connectivity index (χ3n) is 4.47. The molecule has 1 N–H and O–H groups in total. The lowest BCUT2D eigenvalue weighted by Crippen LogP contribution is -2.48. The molecule has 1 amide bonds. The highest BCUT2D eigenvalue weighted by molar-refractivity contribution is 5.97. The first-order valence-electron chi connectivity index (χ1n) is 8.91. The van der Waals surface area contributed by atoms with Crippen LogP contribution in [0.2, 0.25) is 0 Å². The second kappa shape index (κ2) is 7.70. The fourth-order valence-corrected chi connectivity index (χ4v) is 3.46. The van der Waals surface area contributed by atoms with Crippen molar-refractivity contribution in [2.45, 2.75) is 32.2 Å². The maximum absolute atomic E-state index is 13.8. The molecule has 3 aromatic rings. The summed E-state index contributed by atoms with van der Waals surface area (Å²) in [6, 6.07) is 16.4. The minimum Gasteiger partial charge on any atom is -0.346 e. The predicted octanol–water partition coefficient (Wildman–Crippen LogP) is 5.07. The molecule has 1 heterocycles. The van der Waals surface area contributed by atoms with Crippen LogP contribution in [0.4, 0.5) is 4.39 Å². The fraction of sp³-hybridized carbons (Fsp3) is 0.217. The zero-order chi connectivity index (χ0) is 19.4. The van der Waals surface area contributed by atoms with E-state index in [-0.39, 0.29) is 11.4 Å². The Labute approximate surface area is 158 Å². The zero-order valence-corrected chi connectivity index (χ0v) is 15.6. The summed E-state index contributed by atoms with van der Waals surface area (Å²) in [4.78, 5) is 17.0. The molecular weight excluding hydrogens is 339 g/mol. The lowest BCUT2D eigenvalue weighted by Gasteiger charge is -2.31. The molecule has 0 saturated heterocycles. The van der Waals surface area contributed by atoms with Crippen LogP contribution in [-0.4, -0.2) is 16.4 Å². The average Bonchev–Trinajstić information content (AvgIpc) is 2.61. The third-order valence-corrected chi connectivity index (χ3v) is 4.47. The largest absolute Gasteiger partial charge is 0.346 e. The van der Waals surface area contributed by atoms with Crippen molar-refractivity contribution < 1.29 is 9.18 Å². The highest BCUT2D eigenvalue weighted by Crippen LogP contribution is 2.22. The van der Waals surface area contributed by atoms with Crippen molar-refractivity contribution in [3.63, 3.8) is 0 Å². The van der Waals surface area contributed by atoms with Crippen molar-refractivity contribution in [2.75, 3.05) is 0 Å². The standard InChI is InChI=1S/C23H23FN2O/c1-16(2)13-23(3,14-17-8-5-4-6-9-17)26-22(27)19-12-18-10-7-11-20(24)21(18)25-15-19/h4-12,15H,1,13-14H2,2-3H3,(H,26,27). The van der Waals surface area contributed by atoms with E-state index in [0.29, 0.717) is 23.8 Å². The second-order valence-electron chi connectivity index (χ2n) is 7.35. The van der Waals surface area contributed by atoms with Crippen molar-refractivity contribution in [3.8, 4) is 0 Å². The highest BCUT2D eigenvalue weighted by Gasteiger charge is 2.27. The van der Waals surface area contributed by atoms with Gasteiger partial charge >= 0.3 is 0 Å². The molecule has 1 aromatic heterocycles. The van der Waals surface area contributed by atoms with Gasteiger partial charge in [0, 0.05) is 17.1 Å². The van der Waals surface area contributed by atoms with E-state index in [2.05, 4.69) is 16.9 Å². The number of aromatic nitrogens is 1. The summed E-state index contributed by atoms with van der Waals surface area (Å²) in [5.74, 6) is -0.621. The number of para-hydroxylation sites is 1. The van der Waals surface area contributed by atoms with Gasteiger partial charge in [-0.05, 0) is 44.4 Å². The molecule has 3 nitrogen and oxygen atoms in total. The van der Waals surface area contributed by atoms with Gasteiger partial charge in [-0.3, -0.25) is 9.78 Å². The van der Waals surface area contributed by atoms with E-state index in [4.69, 9.17) is 0 Å². The van der Waals surface area contributed by atoms with Crippen molar-refractivity contribution in [2.24, 2.45) is 0 Å². The lowest BCUT2D eigenvalue weighted by atomic mass is 9.86. The van der Waals surface area contributed by atoms with Gasteiger partial charge in [-0.15, -0.1) is 6.58 Å². The van der Waals surface area contributed by atoms with E-state index in [1.165, 1.54) is 12.3 Å². The van der Waals surface area contributed by atoms with Gasteiger partial charge in [-0.2, -0.15) is 0 Å². The number of nitrogens with one attached hydrogen (secondary N) is 1. The topological polar surface area (TPSA) is 42.0 Å². The molecule has 4 heteroatoms. The average molecular weight is 362 g/mol. The number of carbonyl (C=O) groups excluding carboxylic acids is 1. The van der Waals surface area contributed by atoms with Gasteiger partial charge in [0.1, 0.15) is 11.3 Å². The van der Waals surface area contributed by atoms with E-state index in [9.17, 15) is 9.18 Å². The number of hydrogen-bond acceptors (Lipinski definition) is 2. The number of carbonyl (C=O) groups is 1. The molecule has 0 saturated carbocycles. The fourth-order valence-electron chi connectivity index (χ4n) is 3.46. The SMILES string of the molecule is C=C(C)CC(C)(Cc1ccccc1)NC(=O)c1cnc2c(F)cccc2c1. The number of fused-ring (bicyclic) bond motifs is 1. The summed E-state index contributed by atoms with van der Waals surface area (Å²) in [5.41, 5.74) is 2.33. The van der Waals surface area contributed by atoms with Crippen molar-refractivity contribution in [1.29, 1.82) is 0 Å². The van der Waals surface area contributed by atoms with Crippen LogP contribution >= 0.6 is 0 Å². The zero-order valence-electron chi connectivity index (χ0n) is 15.6. The summed E-state index contributed by atoms with van der Waals surface area (Å²) >= 11 is 0. The molecule has 27 heavy (non-hydrogen) atoms. The molecule has 3 rings (SSSR count). The summed E-state index contributed by atoms with van der Waals surface area (Å²) in [6.45, 7) is 7.98. The molecule has 138 valence electrons. The minimum atomic E-state index is -0.485. The Bertz CT molecular complexity index is 984. The molecule has 0 fully saturated rings. The van der Waals surface area contributed by atoms with E-state index in [0.717, 1.165) is 11.1 Å². The third kappa shape index (κ3) is 4.59. The quantitative estimate of drug-likeness (QED) is 0.622. The van der Waals surface area contributed by atoms with Crippen molar-refractivity contribution in [1.82, 2.24) is 10.3 Å². The van der Waals surface area contributed by atoms with E-state index >= 15 is 0 Å². The number of halogens is 1. The highest BCUT2D eigenvalue weighted by atomic mass is 19.1. The second-order valence-corrected chi connectivity index (χ2v) is 7.35. The Morgan fingerprint density at radius 3 is 2.63 bits per heavy atom. The maximum Gasteiger partial charge on any atom is 0.253 e. The van der Waals surface area contributed by atoms with Crippen molar-refractivity contribution >= 4 is 16.8 Å². The first-order chi connectivity index (χ1) is 12.9. The number of nitrogens with zero attached hydrogens (tertiary/aromatic N) is 1. The number of benzene rings is 2. The Morgan fingerprint density at radius 1 is 1.19 bits per heavy atom. The van der Waals surface area contributed by atoms with Crippen LogP contribution in [0.25, 0.3) is 10.9 Å². The Kier molecular flexibility index (Phi) is 5.36. The molecule has 0 aliphatic heterocycles. The van der Waals surface area contributed by atoms with Crippen LogP contribution in [0.1, 0.15) is 36.2 Å². The van der Waals surface area contributed by atoms with Crippen LogP contribution in [0.5, 0.6) is 0 Å². The first-order valence-corrected chi connectivity index (χ1v) is 8.91. The van der Waals surface area contributed by atoms with Crippen LogP contribution in [0.3, 0.4) is 0 Å². The number of rotatable bonds is 6. The van der Waals surface area contributed by atoms with Gasteiger partial charge in [0.15, 0.2) is 0 Å². The van der Waals surface area contributed by atoms with Crippen LogP contribution in [0, 0.1) is 5.82 Å². The van der Waals surface area contributed by atoms with Crippen LogP contribution < -0.4 is 5.32 Å². The van der Waals surface area contributed by atoms with Gasteiger partial charge in [0.05, 0.1) is 5.56 Å². The molecule has 1 atom stereocenters. The van der Waals surface area contributed by atoms with E-state index in [1.807, 2.05) is 44.2 Å². The summed E-state index contributed by atoms with van der Waals surface area (Å²) in [5, 5.41) is 3.74. The number of amides is 1. The van der Waals surface area contributed by atoms with Gasteiger partial charge in [-0.25, -0.2) is 4.39 Å². The number of hydrogen-bond donors (Lipinski definition) is 1.